The molecule has 98 valence electrons. The van der Waals surface area contributed by atoms with Crippen molar-refractivity contribution in [2.45, 2.75) is 32.2 Å². The molecule has 2 rings (SSSR count). The molecule has 1 N–H and O–H groups in total. The van der Waals surface area contributed by atoms with Gasteiger partial charge in [-0.3, -0.25) is 14.7 Å². The Morgan fingerprint density at radius 1 is 1.50 bits per heavy atom. The molecule has 4 nitrogen and oxygen atoms in total. The van der Waals surface area contributed by atoms with Crippen molar-refractivity contribution in [1.29, 1.82) is 0 Å². The maximum Gasteiger partial charge on any atom is 0.303 e. The highest BCUT2D eigenvalue weighted by Gasteiger charge is 2.20. The number of nitrogens with zero attached hydrogens (tertiary/aromatic N) is 2. The zero-order valence-corrected chi connectivity index (χ0v) is 10.6. The zero-order valence-electron chi connectivity index (χ0n) is 10.6. The van der Waals surface area contributed by atoms with E-state index in [1.54, 1.807) is 0 Å². The number of hydrogen-bond acceptors (Lipinski definition) is 3. The third-order valence-electron chi connectivity index (χ3n) is 3.48. The lowest BCUT2D eigenvalue weighted by Gasteiger charge is -2.32. The molecule has 0 aliphatic carbocycles. The van der Waals surface area contributed by atoms with Gasteiger partial charge < -0.3 is 5.11 Å². The number of aromatic nitrogens is 1. The summed E-state index contributed by atoms with van der Waals surface area (Å²) in [7, 11) is 0. The number of carboxylic acid groups (broad SMARTS) is 1. The molecule has 1 fully saturated rings. The summed E-state index contributed by atoms with van der Waals surface area (Å²) >= 11 is 0. The van der Waals surface area contributed by atoms with Crippen LogP contribution in [-0.2, 0) is 11.3 Å². The van der Waals surface area contributed by atoms with Gasteiger partial charge in [0.05, 0.1) is 5.69 Å². The van der Waals surface area contributed by atoms with Crippen LogP contribution in [0.2, 0.25) is 0 Å². The molecule has 0 spiro atoms. The molecule has 0 amide bonds. The number of piperidine rings is 1. The monoisotopic (exact) mass is 248 g/mol. The molecule has 0 aromatic carbocycles. The molecule has 1 aromatic rings. The van der Waals surface area contributed by atoms with E-state index in [9.17, 15) is 4.79 Å². The van der Waals surface area contributed by atoms with E-state index in [0.717, 1.165) is 44.6 Å². The molecule has 1 saturated heterocycles. The first kappa shape index (κ1) is 13.0. The number of carbonyl (C=O) groups is 1. The molecule has 2 heterocycles. The normalized spacial score (nSPS) is 20.8. The van der Waals surface area contributed by atoms with Crippen molar-refractivity contribution >= 4 is 5.97 Å². The second kappa shape index (κ2) is 6.50. The van der Waals surface area contributed by atoms with Gasteiger partial charge in [0.1, 0.15) is 0 Å². The fourth-order valence-electron chi connectivity index (χ4n) is 2.58. The fraction of sp³-hybridized carbons (Fsp3) is 0.571. The van der Waals surface area contributed by atoms with Gasteiger partial charge >= 0.3 is 5.97 Å². The number of rotatable bonds is 5. The van der Waals surface area contributed by atoms with Crippen LogP contribution in [0, 0.1) is 5.92 Å². The summed E-state index contributed by atoms with van der Waals surface area (Å²) in [6.07, 6.45) is 5.24. The van der Waals surface area contributed by atoms with Crippen molar-refractivity contribution < 1.29 is 9.90 Å². The highest BCUT2D eigenvalue weighted by Crippen LogP contribution is 2.21. The summed E-state index contributed by atoms with van der Waals surface area (Å²) in [6, 6.07) is 5.98. The smallest absolute Gasteiger partial charge is 0.303 e. The number of hydrogen-bond donors (Lipinski definition) is 1. The maximum absolute atomic E-state index is 10.6. The molecular formula is C14H20N2O2. The van der Waals surface area contributed by atoms with Crippen molar-refractivity contribution in [2.24, 2.45) is 5.92 Å². The Morgan fingerprint density at radius 2 is 2.39 bits per heavy atom. The van der Waals surface area contributed by atoms with Crippen molar-refractivity contribution in [2.75, 3.05) is 13.1 Å². The molecule has 0 saturated carbocycles. The molecule has 1 aromatic heterocycles. The van der Waals surface area contributed by atoms with E-state index in [0.29, 0.717) is 12.3 Å². The van der Waals surface area contributed by atoms with Crippen LogP contribution in [0.3, 0.4) is 0 Å². The van der Waals surface area contributed by atoms with E-state index in [4.69, 9.17) is 5.11 Å². The summed E-state index contributed by atoms with van der Waals surface area (Å²) in [6.45, 7) is 2.98. The molecule has 0 bridgehead atoms. The maximum atomic E-state index is 10.6. The lowest BCUT2D eigenvalue weighted by atomic mass is 9.93. The first-order valence-electron chi connectivity index (χ1n) is 6.58. The minimum Gasteiger partial charge on any atom is -0.481 e. The summed E-state index contributed by atoms with van der Waals surface area (Å²) in [5, 5.41) is 8.72. The van der Waals surface area contributed by atoms with Gasteiger partial charge in [0.15, 0.2) is 0 Å². The molecule has 4 heteroatoms. The van der Waals surface area contributed by atoms with Crippen LogP contribution >= 0.6 is 0 Å². The number of likely N-dealkylation sites (tertiary alicyclic amines) is 1. The lowest BCUT2D eigenvalue weighted by molar-refractivity contribution is -0.137. The van der Waals surface area contributed by atoms with Crippen LogP contribution in [-0.4, -0.2) is 34.0 Å². The molecular weight excluding hydrogens is 228 g/mol. The molecule has 18 heavy (non-hydrogen) atoms. The van der Waals surface area contributed by atoms with Crippen LogP contribution in [0.25, 0.3) is 0 Å². The molecule has 1 unspecified atom stereocenters. The van der Waals surface area contributed by atoms with Crippen molar-refractivity contribution in [3.05, 3.63) is 30.1 Å². The third-order valence-corrected chi connectivity index (χ3v) is 3.48. The fourth-order valence-corrected chi connectivity index (χ4v) is 2.58. The van der Waals surface area contributed by atoms with Crippen molar-refractivity contribution in [1.82, 2.24) is 9.88 Å². The first-order valence-corrected chi connectivity index (χ1v) is 6.58. The molecule has 1 aliphatic rings. The van der Waals surface area contributed by atoms with Crippen LogP contribution in [0.4, 0.5) is 0 Å². The van der Waals surface area contributed by atoms with Crippen molar-refractivity contribution in [3.63, 3.8) is 0 Å². The van der Waals surface area contributed by atoms with Gasteiger partial charge in [-0.25, -0.2) is 0 Å². The number of carboxylic acids is 1. The predicted octanol–water partition coefficient (Wildman–Crippen LogP) is 2.16. The Kier molecular flexibility index (Phi) is 4.70. The second-order valence-electron chi connectivity index (χ2n) is 5.00. The Balaban J connectivity index is 1.81. The topological polar surface area (TPSA) is 53.4 Å². The van der Waals surface area contributed by atoms with Gasteiger partial charge in [0.2, 0.25) is 0 Å². The minimum absolute atomic E-state index is 0.294. The van der Waals surface area contributed by atoms with Gasteiger partial charge in [-0.15, -0.1) is 0 Å². The standard InChI is InChI=1S/C14H20N2O2/c17-14(18)7-6-12-4-3-9-16(10-12)11-13-5-1-2-8-15-13/h1-2,5,8,12H,3-4,6-7,9-11H2,(H,17,18). The van der Waals surface area contributed by atoms with Crippen LogP contribution in [0.15, 0.2) is 24.4 Å². The highest BCUT2D eigenvalue weighted by atomic mass is 16.4. The molecule has 1 aliphatic heterocycles. The van der Waals surface area contributed by atoms with E-state index in [1.807, 2.05) is 24.4 Å². The average Bonchev–Trinajstić information content (AvgIpc) is 2.38. The predicted molar refractivity (Wildman–Crippen MR) is 69.1 cm³/mol. The Bertz CT molecular complexity index is 381. The highest BCUT2D eigenvalue weighted by molar-refractivity contribution is 5.66. The Morgan fingerprint density at radius 3 is 3.11 bits per heavy atom. The van der Waals surface area contributed by atoms with Crippen LogP contribution in [0.1, 0.15) is 31.4 Å². The summed E-state index contributed by atoms with van der Waals surface area (Å²) < 4.78 is 0. The van der Waals surface area contributed by atoms with Gasteiger partial charge in [0.25, 0.3) is 0 Å². The molecule has 0 radical (unpaired) electrons. The van der Waals surface area contributed by atoms with E-state index in [-0.39, 0.29) is 0 Å². The number of aliphatic carboxylic acids is 1. The summed E-state index contributed by atoms with van der Waals surface area (Å²) in [4.78, 5) is 17.3. The Labute approximate surface area is 108 Å². The summed E-state index contributed by atoms with van der Waals surface area (Å²) in [5.41, 5.74) is 1.09. The summed E-state index contributed by atoms with van der Waals surface area (Å²) in [5.74, 6) is -0.157. The van der Waals surface area contributed by atoms with Gasteiger partial charge in [-0.1, -0.05) is 6.07 Å². The SMILES string of the molecule is O=C(O)CCC1CCCN(Cc2ccccn2)C1. The largest absolute Gasteiger partial charge is 0.481 e. The first-order chi connectivity index (χ1) is 8.74. The third kappa shape index (κ3) is 4.11. The van der Waals surface area contributed by atoms with E-state index in [1.165, 1.54) is 0 Å². The zero-order chi connectivity index (χ0) is 12.8. The van der Waals surface area contributed by atoms with Gasteiger partial charge in [0, 0.05) is 25.7 Å². The quantitative estimate of drug-likeness (QED) is 0.867. The second-order valence-corrected chi connectivity index (χ2v) is 5.00. The van der Waals surface area contributed by atoms with Gasteiger partial charge in [-0.2, -0.15) is 0 Å². The van der Waals surface area contributed by atoms with Crippen molar-refractivity contribution in [3.8, 4) is 0 Å². The average molecular weight is 248 g/mol. The Hall–Kier alpha value is -1.42. The van der Waals surface area contributed by atoms with E-state index >= 15 is 0 Å². The van der Waals surface area contributed by atoms with Crippen LogP contribution < -0.4 is 0 Å². The lowest BCUT2D eigenvalue weighted by Crippen LogP contribution is -2.35. The number of pyridine rings is 1. The van der Waals surface area contributed by atoms with Crippen LogP contribution in [0.5, 0.6) is 0 Å². The molecule has 1 atom stereocenters. The van der Waals surface area contributed by atoms with Gasteiger partial charge in [-0.05, 0) is 43.9 Å². The minimum atomic E-state index is -0.683. The van der Waals surface area contributed by atoms with E-state index in [2.05, 4.69) is 9.88 Å². The van der Waals surface area contributed by atoms with E-state index < -0.39 is 5.97 Å².